The van der Waals surface area contributed by atoms with Gasteiger partial charge in [-0.25, -0.2) is 9.97 Å². The van der Waals surface area contributed by atoms with E-state index in [-0.39, 0.29) is 5.54 Å². The molecule has 1 aromatic heterocycles. The second-order valence-electron chi connectivity index (χ2n) is 4.86. The lowest BCUT2D eigenvalue weighted by Crippen LogP contribution is -2.47. The Kier molecular flexibility index (Phi) is 3.39. The van der Waals surface area contributed by atoms with Gasteiger partial charge in [0.05, 0.1) is 0 Å². The van der Waals surface area contributed by atoms with Crippen molar-refractivity contribution in [2.75, 3.05) is 11.9 Å². The number of aryl methyl sites for hydroxylation is 1. The average Bonchev–Trinajstić information content (AvgIpc) is 2.29. The Labute approximate surface area is 96.7 Å². The molecular weight excluding hydrogens is 200 g/mol. The van der Waals surface area contributed by atoms with Crippen LogP contribution in [-0.4, -0.2) is 22.1 Å². The quantitative estimate of drug-likeness (QED) is 0.816. The van der Waals surface area contributed by atoms with Crippen LogP contribution in [0.25, 0.3) is 0 Å². The minimum atomic E-state index is -0.0630. The molecule has 1 aliphatic rings. The third-order valence-corrected chi connectivity index (χ3v) is 3.23. The highest BCUT2D eigenvalue weighted by Gasteiger charge is 2.27. The number of aromatic nitrogens is 2. The summed E-state index contributed by atoms with van der Waals surface area (Å²) in [6.45, 7) is 2.76. The van der Waals surface area contributed by atoms with E-state index in [1.54, 1.807) is 0 Å². The van der Waals surface area contributed by atoms with Gasteiger partial charge in [-0.15, -0.1) is 0 Å². The molecule has 1 heterocycles. The van der Waals surface area contributed by atoms with Crippen LogP contribution in [-0.2, 0) is 0 Å². The lowest BCUT2D eigenvalue weighted by Gasteiger charge is -2.33. The van der Waals surface area contributed by atoms with Crippen LogP contribution in [0.15, 0.2) is 12.4 Å². The zero-order valence-corrected chi connectivity index (χ0v) is 9.87. The molecule has 0 aliphatic heterocycles. The number of hydrogen-bond donors (Lipinski definition) is 2. The van der Waals surface area contributed by atoms with E-state index in [4.69, 9.17) is 5.73 Å². The standard InChI is InChI=1S/C12H20N4/c1-10-7-14-11(15-8-10)16-9-12(13)5-3-2-4-6-12/h7-8H,2-6,9,13H2,1H3,(H,14,15,16). The minimum absolute atomic E-state index is 0.0630. The Hall–Kier alpha value is -1.16. The largest absolute Gasteiger partial charge is 0.352 e. The summed E-state index contributed by atoms with van der Waals surface area (Å²) in [4.78, 5) is 8.43. The highest BCUT2D eigenvalue weighted by molar-refractivity contribution is 5.25. The second kappa shape index (κ2) is 4.78. The fourth-order valence-corrected chi connectivity index (χ4v) is 2.17. The molecule has 0 unspecified atom stereocenters. The summed E-state index contributed by atoms with van der Waals surface area (Å²) in [5.41, 5.74) is 7.33. The first-order valence-corrected chi connectivity index (χ1v) is 5.99. The molecule has 0 saturated heterocycles. The maximum Gasteiger partial charge on any atom is 0.222 e. The molecule has 88 valence electrons. The lowest BCUT2D eigenvalue weighted by atomic mass is 9.82. The van der Waals surface area contributed by atoms with Gasteiger partial charge in [0.25, 0.3) is 0 Å². The number of hydrogen-bond acceptors (Lipinski definition) is 4. The van der Waals surface area contributed by atoms with Crippen molar-refractivity contribution in [2.24, 2.45) is 5.73 Å². The molecule has 3 N–H and O–H groups in total. The van der Waals surface area contributed by atoms with Crippen molar-refractivity contribution in [3.05, 3.63) is 18.0 Å². The molecule has 4 nitrogen and oxygen atoms in total. The van der Waals surface area contributed by atoms with E-state index in [0.29, 0.717) is 5.95 Å². The number of nitrogens with two attached hydrogens (primary N) is 1. The molecule has 0 atom stereocenters. The Morgan fingerprint density at radius 3 is 2.50 bits per heavy atom. The molecular formula is C12H20N4. The van der Waals surface area contributed by atoms with Crippen LogP contribution in [0.4, 0.5) is 5.95 Å². The number of rotatable bonds is 3. The molecule has 0 aromatic carbocycles. The summed E-state index contributed by atoms with van der Waals surface area (Å²) < 4.78 is 0. The van der Waals surface area contributed by atoms with Crippen molar-refractivity contribution in [3.8, 4) is 0 Å². The van der Waals surface area contributed by atoms with Crippen LogP contribution in [0, 0.1) is 6.92 Å². The first-order chi connectivity index (χ1) is 7.68. The van der Waals surface area contributed by atoms with Crippen LogP contribution in [0.5, 0.6) is 0 Å². The summed E-state index contributed by atoms with van der Waals surface area (Å²) in [6.07, 6.45) is 9.65. The van der Waals surface area contributed by atoms with Gasteiger partial charge in [-0.1, -0.05) is 19.3 Å². The van der Waals surface area contributed by atoms with Crippen LogP contribution in [0.3, 0.4) is 0 Å². The van der Waals surface area contributed by atoms with E-state index in [2.05, 4.69) is 15.3 Å². The first-order valence-electron chi connectivity index (χ1n) is 5.99. The summed E-state index contributed by atoms with van der Waals surface area (Å²) in [5.74, 6) is 0.681. The smallest absolute Gasteiger partial charge is 0.222 e. The molecule has 0 radical (unpaired) electrons. The molecule has 16 heavy (non-hydrogen) atoms. The van der Waals surface area contributed by atoms with Gasteiger partial charge in [0.15, 0.2) is 0 Å². The summed E-state index contributed by atoms with van der Waals surface area (Å²) in [6, 6.07) is 0. The molecule has 4 heteroatoms. The molecule has 0 amide bonds. The Bertz CT molecular complexity index is 327. The topological polar surface area (TPSA) is 63.8 Å². The van der Waals surface area contributed by atoms with Crippen molar-refractivity contribution >= 4 is 5.95 Å². The predicted octanol–water partition coefficient (Wildman–Crippen LogP) is 1.86. The molecule has 1 saturated carbocycles. The SMILES string of the molecule is Cc1cnc(NCC2(N)CCCCC2)nc1. The van der Waals surface area contributed by atoms with Gasteiger partial charge in [0, 0.05) is 24.5 Å². The third-order valence-electron chi connectivity index (χ3n) is 3.23. The zero-order chi connectivity index (χ0) is 11.4. The monoisotopic (exact) mass is 220 g/mol. The zero-order valence-electron chi connectivity index (χ0n) is 9.87. The second-order valence-corrected chi connectivity index (χ2v) is 4.86. The molecule has 1 fully saturated rings. The fourth-order valence-electron chi connectivity index (χ4n) is 2.17. The Balaban J connectivity index is 1.88. The maximum atomic E-state index is 6.32. The van der Waals surface area contributed by atoms with Crippen LogP contribution in [0.2, 0.25) is 0 Å². The van der Waals surface area contributed by atoms with Crippen LogP contribution >= 0.6 is 0 Å². The van der Waals surface area contributed by atoms with Crippen LogP contribution < -0.4 is 11.1 Å². The molecule has 1 aromatic rings. The van der Waals surface area contributed by atoms with Gasteiger partial charge in [0.2, 0.25) is 5.95 Å². The van der Waals surface area contributed by atoms with E-state index < -0.39 is 0 Å². The highest BCUT2D eigenvalue weighted by Crippen LogP contribution is 2.25. The van der Waals surface area contributed by atoms with Crippen molar-refractivity contribution in [1.82, 2.24) is 9.97 Å². The van der Waals surface area contributed by atoms with Gasteiger partial charge in [0.1, 0.15) is 0 Å². The normalized spacial score (nSPS) is 19.4. The number of nitrogens with one attached hydrogen (secondary N) is 1. The lowest BCUT2D eigenvalue weighted by molar-refractivity contribution is 0.310. The highest BCUT2D eigenvalue weighted by atomic mass is 15.1. The fraction of sp³-hybridized carbons (Fsp3) is 0.667. The van der Waals surface area contributed by atoms with E-state index in [1.807, 2.05) is 19.3 Å². The van der Waals surface area contributed by atoms with Gasteiger partial charge < -0.3 is 11.1 Å². The van der Waals surface area contributed by atoms with Crippen molar-refractivity contribution in [3.63, 3.8) is 0 Å². The van der Waals surface area contributed by atoms with Crippen molar-refractivity contribution < 1.29 is 0 Å². The van der Waals surface area contributed by atoms with E-state index in [9.17, 15) is 0 Å². The molecule has 0 spiro atoms. The Morgan fingerprint density at radius 2 is 1.88 bits per heavy atom. The minimum Gasteiger partial charge on any atom is -0.352 e. The average molecular weight is 220 g/mol. The molecule has 2 rings (SSSR count). The summed E-state index contributed by atoms with van der Waals surface area (Å²) >= 11 is 0. The van der Waals surface area contributed by atoms with E-state index >= 15 is 0 Å². The number of nitrogens with zero attached hydrogens (tertiary/aromatic N) is 2. The molecule has 1 aliphatic carbocycles. The Morgan fingerprint density at radius 1 is 1.25 bits per heavy atom. The van der Waals surface area contributed by atoms with Gasteiger partial charge in [-0.2, -0.15) is 0 Å². The van der Waals surface area contributed by atoms with Gasteiger partial charge in [-0.3, -0.25) is 0 Å². The van der Waals surface area contributed by atoms with Crippen molar-refractivity contribution in [1.29, 1.82) is 0 Å². The maximum absolute atomic E-state index is 6.32. The van der Waals surface area contributed by atoms with Gasteiger partial charge >= 0.3 is 0 Å². The first kappa shape index (κ1) is 11.3. The van der Waals surface area contributed by atoms with Crippen LogP contribution in [0.1, 0.15) is 37.7 Å². The summed E-state index contributed by atoms with van der Waals surface area (Å²) in [7, 11) is 0. The predicted molar refractivity (Wildman–Crippen MR) is 65.3 cm³/mol. The van der Waals surface area contributed by atoms with Crippen molar-refractivity contribution in [2.45, 2.75) is 44.6 Å². The molecule has 0 bridgehead atoms. The summed E-state index contributed by atoms with van der Waals surface area (Å²) in [5, 5.41) is 3.23. The van der Waals surface area contributed by atoms with E-state index in [0.717, 1.165) is 24.9 Å². The van der Waals surface area contributed by atoms with E-state index in [1.165, 1.54) is 19.3 Å². The third kappa shape index (κ3) is 2.92. The van der Waals surface area contributed by atoms with Gasteiger partial charge in [-0.05, 0) is 25.3 Å². The number of anilines is 1.